The van der Waals surface area contributed by atoms with Gasteiger partial charge in [-0.05, 0) is 70.9 Å². The van der Waals surface area contributed by atoms with Crippen LogP contribution in [0.4, 0.5) is 4.79 Å². The van der Waals surface area contributed by atoms with Crippen LogP contribution in [0.2, 0.25) is 0 Å². The smallest absolute Gasteiger partial charge is 0.408 e. The number of carbonyl (C=O) groups is 2. The first-order valence-corrected chi connectivity index (χ1v) is 13.3. The van der Waals surface area contributed by atoms with Gasteiger partial charge in [-0.1, -0.05) is 0 Å². The number of carboxylic acid groups (broad SMARTS) is 1. The highest BCUT2D eigenvalue weighted by molar-refractivity contribution is 5.98. The van der Waals surface area contributed by atoms with E-state index in [1.807, 2.05) is 56.7 Å². The van der Waals surface area contributed by atoms with Crippen molar-refractivity contribution in [1.29, 1.82) is 0 Å². The molecule has 4 heterocycles. The number of ether oxygens (including phenoxy) is 1. The van der Waals surface area contributed by atoms with Crippen molar-refractivity contribution in [2.45, 2.75) is 58.7 Å². The average molecular weight is 533 g/mol. The fraction of sp³-hybridized carbons (Fsp3) is 0.448. The van der Waals surface area contributed by atoms with E-state index >= 15 is 0 Å². The standard InChI is InChI=1S/C29H36N6O4/c1-7-34-24(15-19-13-21(39-6)16-30-25(19)34)26-31-22-14-18(10-11-23(22)32(26)5)27(36)33-12-8-9-20(17-33)35(28(37)38)29(2,3)4/h10-11,13-16,20H,7-9,12,17H2,1-6H3,(H,37,38). The van der Waals surface area contributed by atoms with Gasteiger partial charge in [-0.3, -0.25) is 9.69 Å². The van der Waals surface area contributed by atoms with Gasteiger partial charge in [0.2, 0.25) is 0 Å². The molecule has 0 aliphatic carbocycles. The number of piperidine rings is 1. The number of benzene rings is 1. The molecule has 39 heavy (non-hydrogen) atoms. The second-order valence-corrected chi connectivity index (χ2v) is 11.1. The monoisotopic (exact) mass is 532 g/mol. The Balaban J connectivity index is 1.47. The molecule has 1 atom stereocenters. The molecule has 10 nitrogen and oxygen atoms in total. The molecule has 0 radical (unpaired) electrons. The first-order chi connectivity index (χ1) is 18.5. The minimum Gasteiger partial charge on any atom is -0.495 e. The summed E-state index contributed by atoms with van der Waals surface area (Å²) in [7, 11) is 3.60. The molecular weight excluding hydrogens is 496 g/mol. The highest BCUT2D eigenvalue weighted by Crippen LogP contribution is 2.31. The number of methoxy groups -OCH3 is 1. The number of likely N-dealkylation sites (tertiary alicyclic amines) is 1. The second kappa shape index (κ2) is 9.91. The zero-order valence-corrected chi connectivity index (χ0v) is 23.4. The lowest BCUT2D eigenvalue weighted by atomic mass is 9.97. The van der Waals surface area contributed by atoms with E-state index in [2.05, 4.69) is 22.5 Å². The van der Waals surface area contributed by atoms with Crippen LogP contribution >= 0.6 is 0 Å². The van der Waals surface area contributed by atoms with Crippen molar-refractivity contribution in [3.05, 3.63) is 42.1 Å². The van der Waals surface area contributed by atoms with Crippen LogP contribution in [0.15, 0.2) is 36.5 Å². The summed E-state index contributed by atoms with van der Waals surface area (Å²) < 4.78 is 9.51. The Morgan fingerprint density at radius 3 is 2.64 bits per heavy atom. The molecule has 0 bridgehead atoms. The zero-order chi connectivity index (χ0) is 28.1. The van der Waals surface area contributed by atoms with Gasteiger partial charge in [-0.15, -0.1) is 0 Å². The van der Waals surface area contributed by atoms with E-state index in [1.165, 1.54) is 4.90 Å². The summed E-state index contributed by atoms with van der Waals surface area (Å²) >= 11 is 0. The lowest BCUT2D eigenvalue weighted by Crippen LogP contribution is -2.57. The van der Waals surface area contributed by atoms with E-state index in [9.17, 15) is 14.7 Å². The van der Waals surface area contributed by atoms with Crippen molar-refractivity contribution in [1.82, 2.24) is 28.9 Å². The highest BCUT2D eigenvalue weighted by Gasteiger charge is 2.37. The van der Waals surface area contributed by atoms with E-state index in [-0.39, 0.29) is 11.9 Å². The normalized spacial score (nSPS) is 16.2. The molecule has 1 saturated heterocycles. The van der Waals surface area contributed by atoms with Crippen LogP contribution in [-0.4, -0.2) is 77.8 Å². The summed E-state index contributed by atoms with van der Waals surface area (Å²) in [6.45, 7) is 9.44. The Morgan fingerprint density at radius 2 is 1.97 bits per heavy atom. The molecule has 4 aromatic rings. The summed E-state index contributed by atoms with van der Waals surface area (Å²) in [5.41, 5.74) is 3.45. The Kier molecular flexibility index (Phi) is 6.74. The maximum Gasteiger partial charge on any atom is 0.408 e. The lowest BCUT2D eigenvalue weighted by Gasteiger charge is -2.44. The van der Waals surface area contributed by atoms with Gasteiger partial charge in [0.1, 0.15) is 11.4 Å². The minimum absolute atomic E-state index is 0.105. The molecular formula is C29H36N6O4. The molecule has 0 saturated carbocycles. The maximum absolute atomic E-state index is 13.6. The molecule has 206 valence electrons. The number of carbonyl (C=O) groups excluding carboxylic acids is 1. The predicted molar refractivity (Wildman–Crippen MR) is 150 cm³/mol. The minimum atomic E-state index is -0.956. The van der Waals surface area contributed by atoms with Crippen molar-refractivity contribution in [3.63, 3.8) is 0 Å². The van der Waals surface area contributed by atoms with Crippen LogP contribution in [0, 0.1) is 0 Å². The molecule has 10 heteroatoms. The van der Waals surface area contributed by atoms with E-state index in [0.29, 0.717) is 24.4 Å². The molecule has 2 amide bonds. The first-order valence-electron chi connectivity index (χ1n) is 13.3. The summed E-state index contributed by atoms with van der Waals surface area (Å²) in [6, 6.07) is 9.39. The number of aryl methyl sites for hydroxylation is 2. The summed E-state index contributed by atoms with van der Waals surface area (Å²) in [4.78, 5) is 38.4. The van der Waals surface area contributed by atoms with Gasteiger partial charge in [0, 0.05) is 43.2 Å². The number of fused-ring (bicyclic) bond motifs is 2. The zero-order valence-electron chi connectivity index (χ0n) is 23.4. The average Bonchev–Trinajstić information content (AvgIpc) is 3.43. The van der Waals surface area contributed by atoms with E-state index in [4.69, 9.17) is 9.72 Å². The van der Waals surface area contributed by atoms with Crippen LogP contribution in [0.25, 0.3) is 33.6 Å². The van der Waals surface area contributed by atoms with E-state index < -0.39 is 11.6 Å². The predicted octanol–water partition coefficient (Wildman–Crippen LogP) is 5.00. The Morgan fingerprint density at radius 1 is 1.21 bits per heavy atom. The number of hydrogen-bond acceptors (Lipinski definition) is 5. The van der Waals surface area contributed by atoms with Crippen LogP contribution in [0.5, 0.6) is 5.75 Å². The van der Waals surface area contributed by atoms with Crippen LogP contribution in [-0.2, 0) is 13.6 Å². The molecule has 1 N–H and O–H groups in total. The fourth-order valence-corrected chi connectivity index (χ4v) is 5.83. The molecule has 1 aromatic carbocycles. The summed E-state index contributed by atoms with van der Waals surface area (Å²) in [5, 5.41) is 10.8. The van der Waals surface area contributed by atoms with E-state index in [0.717, 1.165) is 53.0 Å². The number of rotatable bonds is 5. The molecule has 3 aromatic heterocycles. The quantitative estimate of drug-likeness (QED) is 0.388. The molecule has 1 aliphatic heterocycles. The fourth-order valence-electron chi connectivity index (χ4n) is 5.83. The van der Waals surface area contributed by atoms with Crippen molar-refractivity contribution < 1.29 is 19.4 Å². The highest BCUT2D eigenvalue weighted by atomic mass is 16.5. The summed E-state index contributed by atoms with van der Waals surface area (Å²) in [5.74, 6) is 1.38. The molecule has 5 rings (SSSR count). The van der Waals surface area contributed by atoms with Crippen molar-refractivity contribution in [2.75, 3.05) is 20.2 Å². The van der Waals surface area contributed by atoms with Crippen molar-refractivity contribution in [2.24, 2.45) is 7.05 Å². The number of aromatic nitrogens is 4. The van der Waals surface area contributed by atoms with Crippen LogP contribution < -0.4 is 4.74 Å². The van der Waals surface area contributed by atoms with Gasteiger partial charge in [0.15, 0.2) is 5.82 Å². The van der Waals surface area contributed by atoms with Gasteiger partial charge < -0.3 is 23.9 Å². The largest absolute Gasteiger partial charge is 0.495 e. The van der Waals surface area contributed by atoms with Gasteiger partial charge >= 0.3 is 6.09 Å². The number of pyridine rings is 1. The number of amides is 2. The van der Waals surface area contributed by atoms with Crippen molar-refractivity contribution >= 4 is 34.1 Å². The number of hydrogen-bond donors (Lipinski definition) is 1. The first kappa shape index (κ1) is 26.5. The van der Waals surface area contributed by atoms with Gasteiger partial charge in [-0.25, -0.2) is 14.8 Å². The van der Waals surface area contributed by atoms with Crippen LogP contribution in [0.3, 0.4) is 0 Å². The second-order valence-electron chi connectivity index (χ2n) is 11.1. The van der Waals surface area contributed by atoms with E-state index in [1.54, 1.807) is 18.2 Å². The molecule has 0 spiro atoms. The topological polar surface area (TPSA) is 106 Å². The SMILES string of the molecule is CCn1c(-c2nc3cc(C(=O)N4CCCC(N(C(=O)O)C(C)(C)C)C4)ccc3n2C)cc2cc(OC)cnc21. The Bertz CT molecular complexity index is 1560. The number of nitrogens with zero attached hydrogens (tertiary/aromatic N) is 6. The van der Waals surface area contributed by atoms with Gasteiger partial charge in [-0.2, -0.15) is 0 Å². The third-order valence-corrected chi connectivity index (χ3v) is 7.60. The van der Waals surface area contributed by atoms with Gasteiger partial charge in [0.05, 0.1) is 36.1 Å². The number of imidazole rings is 1. The maximum atomic E-state index is 13.6. The Hall–Kier alpha value is -4.08. The third-order valence-electron chi connectivity index (χ3n) is 7.60. The van der Waals surface area contributed by atoms with Crippen molar-refractivity contribution in [3.8, 4) is 17.3 Å². The Labute approximate surface area is 227 Å². The molecule has 1 fully saturated rings. The third kappa shape index (κ3) is 4.68. The summed E-state index contributed by atoms with van der Waals surface area (Å²) in [6.07, 6.45) is 2.25. The van der Waals surface area contributed by atoms with Gasteiger partial charge in [0.25, 0.3) is 5.91 Å². The molecule has 1 aliphatic rings. The lowest BCUT2D eigenvalue weighted by molar-refractivity contribution is 0.0315. The van der Waals surface area contributed by atoms with Crippen LogP contribution in [0.1, 0.15) is 50.9 Å². The molecule has 1 unspecified atom stereocenters.